The molecular weight excluding hydrogens is 446 g/mol. The molecule has 0 unspecified atom stereocenters. The van der Waals surface area contributed by atoms with E-state index in [1.165, 1.54) is 18.5 Å². The first-order valence-corrected chi connectivity index (χ1v) is 11.7. The van der Waals surface area contributed by atoms with Gasteiger partial charge in [0.25, 0.3) is 11.1 Å². The van der Waals surface area contributed by atoms with Crippen LogP contribution in [-0.2, 0) is 9.59 Å². The number of hydrogen-bond acceptors (Lipinski definition) is 5. The van der Waals surface area contributed by atoms with Crippen molar-refractivity contribution in [2.75, 3.05) is 29.9 Å². The molecule has 0 aromatic heterocycles. The summed E-state index contributed by atoms with van der Waals surface area (Å²) in [4.78, 5) is 41.4. The van der Waals surface area contributed by atoms with Crippen molar-refractivity contribution in [1.29, 1.82) is 0 Å². The lowest BCUT2D eigenvalue weighted by atomic mass is 10.1. The third-order valence-corrected chi connectivity index (χ3v) is 6.80. The number of carbonyl (C=O) groups excluding carboxylic acids is 3. The number of aryl methyl sites for hydroxylation is 2. The van der Waals surface area contributed by atoms with Crippen LogP contribution in [0.5, 0.6) is 0 Å². The van der Waals surface area contributed by atoms with Crippen LogP contribution in [0.4, 0.5) is 16.2 Å². The highest BCUT2D eigenvalue weighted by molar-refractivity contribution is 8.18. The van der Waals surface area contributed by atoms with Gasteiger partial charge in [-0.3, -0.25) is 19.3 Å². The van der Waals surface area contributed by atoms with E-state index in [1.54, 1.807) is 24.3 Å². The predicted octanol–water partition coefficient (Wildman–Crippen LogP) is 5.23. The van der Waals surface area contributed by atoms with Crippen LogP contribution in [0.15, 0.2) is 41.3 Å². The maximum absolute atomic E-state index is 12.8. The highest BCUT2D eigenvalue weighted by Gasteiger charge is 2.36. The number of thioether (sulfide) groups is 1. The van der Waals surface area contributed by atoms with Crippen molar-refractivity contribution >= 4 is 57.9 Å². The molecule has 2 aliphatic heterocycles. The molecule has 0 aliphatic carbocycles. The van der Waals surface area contributed by atoms with Crippen molar-refractivity contribution in [1.82, 2.24) is 4.90 Å². The van der Waals surface area contributed by atoms with Gasteiger partial charge in [-0.1, -0.05) is 23.7 Å². The zero-order valence-corrected chi connectivity index (χ0v) is 19.6. The summed E-state index contributed by atoms with van der Waals surface area (Å²) in [6.07, 6.45) is 4.14. The average molecular weight is 470 g/mol. The van der Waals surface area contributed by atoms with Crippen LogP contribution in [0.3, 0.4) is 0 Å². The van der Waals surface area contributed by atoms with Crippen molar-refractivity contribution in [3.05, 3.63) is 63.0 Å². The van der Waals surface area contributed by atoms with Gasteiger partial charge in [-0.2, -0.15) is 0 Å². The molecule has 2 saturated heterocycles. The Labute approximate surface area is 196 Å². The van der Waals surface area contributed by atoms with Crippen molar-refractivity contribution in [2.24, 2.45) is 0 Å². The Kier molecular flexibility index (Phi) is 6.58. The minimum atomic E-state index is -0.457. The molecule has 0 saturated carbocycles. The fourth-order valence-electron chi connectivity index (χ4n) is 3.83. The van der Waals surface area contributed by atoms with Gasteiger partial charge in [-0.25, -0.2) is 0 Å². The first-order chi connectivity index (χ1) is 15.3. The smallest absolute Gasteiger partial charge is 0.294 e. The highest BCUT2D eigenvalue weighted by Crippen LogP contribution is 2.33. The Morgan fingerprint density at radius 3 is 2.56 bits per heavy atom. The van der Waals surface area contributed by atoms with Crippen molar-refractivity contribution in [2.45, 2.75) is 26.7 Å². The van der Waals surface area contributed by atoms with Crippen LogP contribution in [-0.4, -0.2) is 41.6 Å². The Bertz CT molecular complexity index is 1130. The lowest BCUT2D eigenvalue weighted by Crippen LogP contribution is -2.36. The number of imide groups is 1. The van der Waals surface area contributed by atoms with Gasteiger partial charge in [0.05, 0.1) is 4.91 Å². The van der Waals surface area contributed by atoms with Crippen molar-refractivity contribution in [3.8, 4) is 0 Å². The fourth-order valence-corrected chi connectivity index (χ4v) is 4.83. The Morgan fingerprint density at radius 1 is 1.09 bits per heavy atom. The van der Waals surface area contributed by atoms with Gasteiger partial charge in [0, 0.05) is 29.5 Å². The van der Waals surface area contributed by atoms with E-state index in [2.05, 4.69) is 22.3 Å². The minimum absolute atomic E-state index is 0.318. The quantitative estimate of drug-likeness (QED) is 0.607. The lowest BCUT2D eigenvalue weighted by molar-refractivity contribution is -0.127. The van der Waals surface area contributed by atoms with E-state index in [1.807, 2.05) is 19.9 Å². The van der Waals surface area contributed by atoms with Gasteiger partial charge in [0.1, 0.15) is 6.54 Å². The molecule has 166 valence electrons. The number of halogens is 1. The monoisotopic (exact) mass is 469 g/mol. The van der Waals surface area contributed by atoms with E-state index in [9.17, 15) is 14.4 Å². The summed E-state index contributed by atoms with van der Waals surface area (Å²) in [5.41, 5.74) is 4.49. The summed E-state index contributed by atoms with van der Waals surface area (Å²) in [6, 6.07) is 11.3. The molecular formula is C24H24ClN3O3S. The first-order valence-electron chi connectivity index (χ1n) is 10.5. The molecule has 6 nitrogen and oxygen atoms in total. The van der Waals surface area contributed by atoms with E-state index < -0.39 is 17.1 Å². The Hall–Kier alpha value is -2.77. The third kappa shape index (κ3) is 4.84. The van der Waals surface area contributed by atoms with Crippen LogP contribution in [0.2, 0.25) is 5.02 Å². The topological polar surface area (TPSA) is 69.7 Å². The number of carbonyl (C=O) groups is 3. The predicted molar refractivity (Wildman–Crippen MR) is 130 cm³/mol. The Balaban J connectivity index is 1.46. The molecule has 8 heteroatoms. The van der Waals surface area contributed by atoms with Crippen molar-refractivity contribution in [3.63, 3.8) is 0 Å². The third-order valence-electron chi connectivity index (χ3n) is 5.66. The van der Waals surface area contributed by atoms with Crippen molar-refractivity contribution < 1.29 is 14.4 Å². The van der Waals surface area contributed by atoms with Crippen LogP contribution >= 0.6 is 23.4 Å². The van der Waals surface area contributed by atoms with Crippen LogP contribution in [0.1, 0.15) is 29.5 Å². The second kappa shape index (κ2) is 9.38. The highest BCUT2D eigenvalue weighted by atomic mass is 35.5. The summed E-state index contributed by atoms with van der Waals surface area (Å²) >= 11 is 6.84. The second-order valence-electron chi connectivity index (χ2n) is 8.01. The average Bonchev–Trinajstić information content (AvgIpc) is 3.37. The van der Waals surface area contributed by atoms with Gasteiger partial charge >= 0.3 is 0 Å². The Morgan fingerprint density at radius 2 is 1.84 bits per heavy atom. The summed E-state index contributed by atoms with van der Waals surface area (Å²) in [5, 5.41) is 2.76. The van der Waals surface area contributed by atoms with E-state index in [0.29, 0.717) is 15.6 Å². The summed E-state index contributed by atoms with van der Waals surface area (Å²) in [6.45, 7) is 5.62. The van der Waals surface area contributed by atoms with E-state index in [0.717, 1.165) is 46.4 Å². The number of anilines is 2. The normalized spacial score (nSPS) is 17.5. The molecule has 0 spiro atoms. The first kappa shape index (κ1) is 22.4. The number of rotatable bonds is 5. The number of nitrogens with zero attached hydrogens (tertiary/aromatic N) is 2. The molecule has 2 aliphatic rings. The van der Waals surface area contributed by atoms with E-state index in [4.69, 9.17) is 11.6 Å². The van der Waals surface area contributed by atoms with E-state index >= 15 is 0 Å². The molecule has 0 bridgehead atoms. The van der Waals surface area contributed by atoms with Crippen LogP contribution < -0.4 is 10.2 Å². The molecule has 2 aromatic carbocycles. The van der Waals surface area contributed by atoms with Crippen LogP contribution in [0, 0.1) is 13.8 Å². The van der Waals surface area contributed by atoms with Gasteiger partial charge in [-0.05, 0) is 85.5 Å². The number of benzene rings is 2. The van der Waals surface area contributed by atoms with Gasteiger partial charge in [0.15, 0.2) is 0 Å². The molecule has 2 heterocycles. The SMILES string of the molecule is Cc1cc(N2CCCC2)ccc1/C=C1/SC(=O)N(CC(=O)Nc2cc(Cl)ccc2C)C1=O. The molecule has 32 heavy (non-hydrogen) atoms. The van der Waals surface area contributed by atoms with E-state index in [-0.39, 0.29) is 6.54 Å². The number of nitrogens with one attached hydrogen (secondary N) is 1. The standard InChI is InChI=1S/C24H24ClN3O3S/c1-15-5-7-18(25)13-20(15)26-22(29)14-28-23(30)21(32-24(28)31)12-17-6-8-19(11-16(17)2)27-9-3-4-10-27/h5-8,11-13H,3-4,9-10,14H2,1-2H3,(H,26,29)/b21-12+. The summed E-state index contributed by atoms with van der Waals surface area (Å²) in [7, 11) is 0. The second-order valence-corrected chi connectivity index (χ2v) is 9.44. The zero-order chi connectivity index (χ0) is 22.8. The molecule has 2 fully saturated rings. The van der Waals surface area contributed by atoms with Gasteiger partial charge < -0.3 is 10.2 Å². The lowest BCUT2D eigenvalue weighted by Gasteiger charge is -2.18. The molecule has 4 rings (SSSR count). The summed E-state index contributed by atoms with van der Waals surface area (Å²) in [5.74, 6) is -0.911. The van der Waals surface area contributed by atoms with Crippen LogP contribution in [0.25, 0.3) is 6.08 Å². The molecule has 0 radical (unpaired) electrons. The molecule has 2 aromatic rings. The zero-order valence-electron chi connectivity index (χ0n) is 18.0. The molecule has 3 amide bonds. The maximum atomic E-state index is 12.8. The summed E-state index contributed by atoms with van der Waals surface area (Å²) < 4.78 is 0. The minimum Gasteiger partial charge on any atom is -0.372 e. The molecule has 0 atom stereocenters. The number of hydrogen-bond donors (Lipinski definition) is 1. The maximum Gasteiger partial charge on any atom is 0.294 e. The largest absolute Gasteiger partial charge is 0.372 e. The van der Waals surface area contributed by atoms with Gasteiger partial charge in [0.2, 0.25) is 5.91 Å². The fraction of sp³-hybridized carbons (Fsp3) is 0.292. The molecule has 1 N–H and O–H groups in total. The van der Waals surface area contributed by atoms with Gasteiger partial charge in [-0.15, -0.1) is 0 Å². The number of amides is 3.